The third-order valence-electron chi connectivity index (χ3n) is 3.32. The van der Waals surface area contributed by atoms with E-state index in [9.17, 15) is 9.59 Å². The van der Waals surface area contributed by atoms with Gasteiger partial charge in [0.05, 0.1) is 6.04 Å². The number of H-pyrrole nitrogens is 1. The molecule has 2 heterocycles. The van der Waals surface area contributed by atoms with E-state index >= 15 is 0 Å². The Hall–Kier alpha value is -2.40. The van der Waals surface area contributed by atoms with Crippen LogP contribution in [0.2, 0.25) is 0 Å². The summed E-state index contributed by atoms with van der Waals surface area (Å²) in [6.07, 6.45) is 0. The Kier molecular flexibility index (Phi) is 3.58. The lowest BCUT2D eigenvalue weighted by molar-refractivity contribution is 0.0939. The van der Waals surface area contributed by atoms with Gasteiger partial charge in [0.1, 0.15) is 5.56 Å². The summed E-state index contributed by atoms with van der Waals surface area (Å²) in [5, 5.41) is 5.65. The summed E-state index contributed by atoms with van der Waals surface area (Å²) >= 11 is 1.57. The lowest BCUT2D eigenvalue weighted by Crippen LogP contribution is -2.31. The molecule has 2 aromatic heterocycles. The minimum Gasteiger partial charge on any atom is -0.345 e. The zero-order valence-corrected chi connectivity index (χ0v) is 12.2. The van der Waals surface area contributed by atoms with E-state index in [1.165, 1.54) is 0 Å². The van der Waals surface area contributed by atoms with Gasteiger partial charge in [-0.3, -0.25) is 9.59 Å². The third kappa shape index (κ3) is 2.73. The summed E-state index contributed by atoms with van der Waals surface area (Å²) in [6.45, 7) is 1.90. The first-order chi connectivity index (χ1) is 10.1. The predicted octanol–water partition coefficient (Wildman–Crippen LogP) is 3.08. The van der Waals surface area contributed by atoms with Crippen molar-refractivity contribution in [2.75, 3.05) is 0 Å². The minimum atomic E-state index is -0.371. The number of carbonyl (C=O) groups excluding carboxylic acids is 1. The number of rotatable bonds is 3. The molecule has 0 spiro atoms. The van der Waals surface area contributed by atoms with Crippen LogP contribution < -0.4 is 10.9 Å². The molecule has 106 valence electrons. The van der Waals surface area contributed by atoms with Crippen LogP contribution in [-0.2, 0) is 0 Å². The fourth-order valence-electron chi connectivity index (χ4n) is 2.20. The van der Waals surface area contributed by atoms with Crippen LogP contribution in [0, 0.1) is 0 Å². The second-order valence-corrected chi connectivity index (χ2v) is 5.79. The molecule has 0 bridgehead atoms. The van der Waals surface area contributed by atoms with Crippen LogP contribution in [0.5, 0.6) is 0 Å². The molecule has 0 aliphatic rings. The molecule has 1 atom stereocenters. The van der Waals surface area contributed by atoms with E-state index in [1.54, 1.807) is 17.4 Å². The molecule has 0 radical (unpaired) electrons. The second kappa shape index (κ2) is 5.54. The number of aromatic nitrogens is 1. The van der Waals surface area contributed by atoms with Crippen LogP contribution in [0.1, 0.15) is 28.2 Å². The lowest BCUT2D eigenvalue weighted by Gasteiger charge is -2.12. The third-order valence-corrected chi connectivity index (χ3v) is 4.37. The maximum atomic E-state index is 12.3. The van der Waals surface area contributed by atoms with Crippen molar-refractivity contribution in [3.8, 4) is 0 Å². The van der Waals surface area contributed by atoms with Crippen molar-refractivity contribution >= 4 is 28.1 Å². The maximum absolute atomic E-state index is 12.3. The Labute approximate surface area is 125 Å². The topological polar surface area (TPSA) is 62.0 Å². The fourth-order valence-corrected chi connectivity index (χ4v) is 2.93. The largest absolute Gasteiger partial charge is 0.345 e. The molecular weight excluding hydrogens is 284 g/mol. The molecule has 0 unspecified atom stereocenters. The van der Waals surface area contributed by atoms with Gasteiger partial charge < -0.3 is 10.3 Å². The lowest BCUT2D eigenvalue weighted by atomic mass is 10.1. The Morgan fingerprint density at radius 1 is 1.24 bits per heavy atom. The summed E-state index contributed by atoms with van der Waals surface area (Å²) < 4.78 is 0. The molecule has 3 rings (SSSR count). The number of carbonyl (C=O) groups is 1. The molecule has 4 nitrogen and oxygen atoms in total. The summed E-state index contributed by atoms with van der Waals surface area (Å²) in [7, 11) is 0. The van der Waals surface area contributed by atoms with E-state index < -0.39 is 0 Å². The van der Waals surface area contributed by atoms with Crippen LogP contribution in [0.4, 0.5) is 0 Å². The Morgan fingerprint density at radius 3 is 2.81 bits per heavy atom. The summed E-state index contributed by atoms with van der Waals surface area (Å²) in [5.41, 5.74) is 0.493. The van der Waals surface area contributed by atoms with Crippen LogP contribution in [-0.4, -0.2) is 10.9 Å². The van der Waals surface area contributed by atoms with E-state index in [0.29, 0.717) is 0 Å². The quantitative estimate of drug-likeness (QED) is 0.780. The molecule has 1 aromatic carbocycles. The van der Waals surface area contributed by atoms with Gasteiger partial charge >= 0.3 is 0 Å². The number of pyridine rings is 1. The van der Waals surface area contributed by atoms with Crippen LogP contribution in [0.3, 0.4) is 0 Å². The van der Waals surface area contributed by atoms with E-state index in [-0.39, 0.29) is 23.1 Å². The first kappa shape index (κ1) is 13.6. The zero-order valence-electron chi connectivity index (χ0n) is 11.4. The minimum absolute atomic E-state index is 0.122. The smallest absolute Gasteiger partial charge is 0.261 e. The van der Waals surface area contributed by atoms with Crippen molar-refractivity contribution in [2.24, 2.45) is 0 Å². The highest BCUT2D eigenvalue weighted by Gasteiger charge is 2.15. The predicted molar refractivity (Wildman–Crippen MR) is 84.8 cm³/mol. The van der Waals surface area contributed by atoms with Crippen LogP contribution >= 0.6 is 11.3 Å². The van der Waals surface area contributed by atoms with Gasteiger partial charge in [0.25, 0.3) is 11.5 Å². The summed E-state index contributed by atoms with van der Waals surface area (Å²) in [6, 6.07) is 12.8. The van der Waals surface area contributed by atoms with Crippen molar-refractivity contribution < 1.29 is 4.79 Å². The van der Waals surface area contributed by atoms with Crippen molar-refractivity contribution in [1.29, 1.82) is 0 Å². The highest BCUT2D eigenvalue weighted by atomic mass is 32.1. The molecule has 0 saturated carbocycles. The number of para-hydroxylation sites is 1. The van der Waals surface area contributed by atoms with E-state index in [1.807, 2.05) is 48.7 Å². The highest BCUT2D eigenvalue weighted by Crippen LogP contribution is 2.18. The molecule has 3 aromatic rings. The molecular formula is C16H14N2O2S. The number of amides is 1. The van der Waals surface area contributed by atoms with Gasteiger partial charge in [-0.15, -0.1) is 11.3 Å². The number of aromatic amines is 1. The SMILES string of the molecule is C[C@H](NC(=O)c1cc2ccccc2[nH]c1=O)c1cccs1. The molecule has 5 heteroatoms. The number of fused-ring (bicyclic) bond motifs is 1. The summed E-state index contributed by atoms with van der Waals surface area (Å²) in [5.74, 6) is -0.358. The number of nitrogens with one attached hydrogen (secondary N) is 2. The van der Waals surface area contributed by atoms with Gasteiger partial charge in [-0.25, -0.2) is 0 Å². The average Bonchev–Trinajstić information content (AvgIpc) is 3.00. The molecule has 0 saturated heterocycles. The summed E-state index contributed by atoms with van der Waals surface area (Å²) in [4.78, 5) is 28.1. The second-order valence-electron chi connectivity index (χ2n) is 4.81. The Morgan fingerprint density at radius 2 is 2.05 bits per heavy atom. The number of thiophene rings is 1. The Bertz CT molecular complexity index is 837. The molecule has 21 heavy (non-hydrogen) atoms. The van der Waals surface area contributed by atoms with Gasteiger partial charge in [-0.2, -0.15) is 0 Å². The Balaban J connectivity index is 1.91. The van der Waals surface area contributed by atoms with Gasteiger partial charge in [0.2, 0.25) is 0 Å². The van der Waals surface area contributed by atoms with Gasteiger partial charge in [-0.1, -0.05) is 24.3 Å². The van der Waals surface area contributed by atoms with Gasteiger partial charge in [0, 0.05) is 10.4 Å². The first-order valence-electron chi connectivity index (χ1n) is 6.61. The van der Waals surface area contributed by atoms with Crippen LogP contribution in [0.15, 0.2) is 52.6 Å². The van der Waals surface area contributed by atoms with Crippen molar-refractivity contribution in [1.82, 2.24) is 10.3 Å². The molecule has 1 amide bonds. The highest BCUT2D eigenvalue weighted by molar-refractivity contribution is 7.10. The van der Waals surface area contributed by atoms with Gasteiger partial charge in [-0.05, 0) is 35.9 Å². The average molecular weight is 298 g/mol. The molecule has 0 fully saturated rings. The standard InChI is InChI=1S/C16H14N2O2S/c1-10(14-7-4-8-21-14)17-15(19)12-9-11-5-2-3-6-13(11)18-16(12)20/h2-10H,1H3,(H,17,19)(H,18,20)/t10-/m0/s1. The van der Waals surface area contributed by atoms with Crippen molar-refractivity contribution in [3.05, 3.63) is 68.6 Å². The number of hydrogen-bond donors (Lipinski definition) is 2. The normalized spacial score (nSPS) is 12.2. The van der Waals surface area contributed by atoms with Crippen LogP contribution in [0.25, 0.3) is 10.9 Å². The molecule has 0 aliphatic heterocycles. The monoisotopic (exact) mass is 298 g/mol. The zero-order chi connectivity index (χ0) is 14.8. The molecule has 2 N–H and O–H groups in total. The fraction of sp³-hybridized carbons (Fsp3) is 0.125. The van der Waals surface area contributed by atoms with Gasteiger partial charge in [0.15, 0.2) is 0 Å². The van der Waals surface area contributed by atoms with E-state index in [0.717, 1.165) is 15.8 Å². The van der Waals surface area contributed by atoms with E-state index in [2.05, 4.69) is 10.3 Å². The maximum Gasteiger partial charge on any atom is 0.261 e. The first-order valence-corrected chi connectivity index (χ1v) is 7.49. The van der Waals surface area contributed by atoms with E-state index in [4.69, 9.17) is 0 Å². The van der Waals surface area contributed by atoms with Crippen molar-refractivity contribution in [2.45, 2.75) is 13.0 Å². The number of benzene rings is 1. The molecule has 0 aliphatic carbocycles. The van der Waals surface area contributed by atoms with Crippen molar-refractivity contribution in [3.63, 3.8) is 0 Å². The number of hydrogen-bond acceptors (Lipinski definition) is 3.